The Bertz CT molecular complexity index is 966. The number of carbonyl (C=O) groups is 1. The molecule has 1 amide bonds. The van der Waals surface area contributed by atoms with Crippen LogP contribution in [0, 0.1) is 0 Å². The van der Waals surface area contributed by atoms with Gasteiger partial charge in [-0.1, -0.05) is 12.1 Å². The zero-order chi connectivity index (χ0) is 15.7. The van der Waals surface area contributed by atoms with E-state index in [1.807, 2.05) is 0 Å². The molecule has 0 spiro atoms. The molecule has 2 N–H and O–H groups in total. The number of aromatic nitrogens is 4. The minimum atomic E-state index is -0.452. The average Bonchev–Trinajstić information content (AvgIpc) is 2.89. The number of hydrogen-bond donors (Lipinski definition) is 2. The maximum absolute atomic E-state index is 12.3. The number of aromatic amines is 1. The molecule has 112 valence electrons. The van der Waals surface area contributed by atoms with Crippen LogP contribution in [-0.4, -0.2) is 25.5 Å². The van der Waals surface area contributed by atoms with Crippen LogP contribution < -0.4 is 16.4 Å². The van der Waals surface area contributed by atoms with Gasteiger partial charge in [0.15, 0.2) is 5.82 Å². The van der Waals surface area contributed by atoms with Crippen LogP contribution in [0.4, 0.5) is 5.82 Å². The van der Waals surface area contributed by atoms with Gasteiger partial charge in [-0.15, -0.1) is 0 Å². The third kappa shape index (κ3) is 2.53. The molecule has 1 aromatic carbocycles. The maximum atomic E-state index is 12.3. The molecule has 0 aliphatic rings. The van der Waals surface area contributed by atoms with Crippen molar-refractivity contribution >= 4 is 22.5 Å². The smallest absolute Gasteiger partial charge is 0.273 e. The van der Waals surface area contributed by atoms with Gasteiger partial charge in [0.1, 0.15) is 6.54 Å². The lowest BCUT2D eigenvalue weighted by Gasteiger charge is -2.06. The van der Waals surface area contributed by atoms with Crippen molar-refractivity contribution in [3.63, 3.8) is 0 Å². The fraction of sp³-hybridized carbons (Fsp3) is 0.143. The molecule has 8 nitrogen and oxygen atoms in total. The van der Waals surface area contributed by atoms with Crippen LogP contribution >= 0.6 is 0 Å². The Labute approximate surface area is 124 Å². The van der Waals surface area contributed by atoms with Crippen LogP contribution in [0.1, 0.15) is 0 Å². The van der Waals surface area contributed by atoms with Gasteiger partial charge in [-0.25, -0.2) is 4.68 Å². The Morgan fingerprint density at radius 2 is 1.95 bits per heavy atom. The molecular formula is C14H13N5O3. The largest absolute Gasteiger partial charge is 0.308 e. The Hall–Kier alpha value is -3.16. The van der Waals surface area contributed by atoms with E-state index in [0.29, 0.717) is 11.2 Å². The minimum absolute atomic E-state index is 0.275. The topological polar surface area (TPSA) is 102 Å². The lowest BCUT2D eigenvalue weighted by atomic mass is 10.2. The Morgan fingerprint density at radius 1 is 1.23 bits per heavy atom. The van der Waals surface area contributed by atoms with E-state index < -0.39 is 17.0 Å². The van der Waals surface area contributed by atoms with Crippen LogP contribution in [0.15, 0.2) is 46.1 Å². The monoisotopic (exact) mass is 299 g/mol. The summed E-state index contributed by atoms with van der Waals surface area (Å²) in [5.41, 5.74) is -0.841. The second-order valence-electron chi connectivity index (χ2n) is 4.80. The number of rotatable bonds is 3. The Morgan fingerprint density at radius 3 is 2.64 bits per heavy atom. The molecule has 0 bridgehead atoms. The van der Waals surface area contributed by atoms with E-state index in [2.05, 4.69) is 15.5 Å². The number of hydrogen-bond acceptors (Lipinski definition) is 4. The zero-order valence-corrected chi connectivity index (χ0v) is 11.7. The van der Waals surface area contributed by atoms with E-state index in [9.17, 15) is 14.4 Å². The summed E-state index contributed by atoms with van der Waals surface area (Å²) in [6, 6.07) is 8.09. The third-order valence-corrected chi connectivity index (χ3v) is 3.17. The van der Waals surface area contributed by atoms with E-state index >= 15 is 0 Å². The number of benzene rings is 1. The van der Waals surface area contributed by atoms with Gasteiger partial charge in [0.2, 0.25) is 5.91 Å². The van der Waals surface area contributed by atoms with Gasteiger partial charge >= 0.3 is 0 Å². The van der Waals surface area contributed by atoms with Gasteiger partial charge < -0.3 is 5.32 Å². The highest BCUT2D eigenvalue weighted by Gasteiger charge is 2.10. The molecule has 3 aromatic rings. The zero-order valence-electron chi connectivity index (χ0n) is 11.7. The Kier molecular flexibility index (Phi) is 3.34. The first-order chi connectivity index (χ1) is 10.5. The molecular weight excluding hydrogens is 286 g/mol. The second kappa shape index (κ2) is 5.32. The first kappa shape index (κ1) is 13.8. The van der Waals surface area contributed by atoms with Crippen LogP contribution in [0.2, 0.25) is 0 Å². The quantitative estimate of drug-likeness (QED) is 0.714. The molecule has 2 aromatic heterocycles. The summed E-state index contributed by atoms with van der Waals surface area (Å²) in [5, 5.41) is 9.54. The standard InChI is InChI=1S/C14H13N5O3/c1-18-7-6-11(16-18)15-12(20)8-19-14(22)10-5-3-2-4-9(10)13(21)17-19/h2-7H,8H2,1H3,(H,17,21)(H,15,16,20). The first-order valence-corrected chi connectivity index (χ1v) is 6.56. The fourth-order valence-electron chi connectivity index (χ4n) is 2.17. The molecule has 0 radical (unpaired) electrons. The maximum Gasteiger partial charge on any atom is 0.273 e. The normalized spacial score (nSPS) is 10.8. The summed E-state index contributed by atoms with van der Waals surface area (Å²) in [4.78, 5) is 36.1. The molecule has 0 fully saturated rings. The second-order valence-corrected chi connectivity index (χ2v) is 4.80. The molecule has 0 saturated heterocycles. The third-order valence-electron chi connectivity index (χ3n) is 3.17. The van der Waals surface area contributed by atoms with Gasteiger partial charge in [0.05, 0.1) is 10.8 Å². The molecule has 0 atom stereocenters. The minimum Gasteiger partial charge on any atom is -0.308 e. The lowest BCUT2D eigenvalue weighted by molar-refractivity contribution is -0.117. The van der Waals surface area contributed by atoms with Gasteiger partial charge in [-0.2, -0.15) is 5.10 Å². The number of H-pyrrole nitrogens is 1. The van der Waals surface area contributed by atoms with Crippen LogP contribution in [0.5, 0.6) is 0 Å². The van der Waals surface area contributed by atoms with E-state index in [1.165, 1.54) is 0 Å². The number of aryl methyl sites for hydroxylation is 1. The Balaban J connectivity index is 1.91. The van der Waals surface area contributed by atoms with Gasteiger partial charge in [-0.05, 0) is 12.1 Å². The van der Waals surface area contributed by atoms with Crippen molar-refractivity contribution in [3.8, 4) is 0 Å². The molecule has 0 aliphatic heterocycles. The van der Waals surface area contributed by atoms with E-state index in [4.69, 9.17) is 0 Å². The number of carbonyl (C=O) groups excluding carboxylic acids is 1. The predicted molar refractivity (Wildman–Crippen MR) is 80.7 cm³/mol. The highest BCUT2D eigenvalue weighted by Crippen LogP contribution is 2.03. The molecule has 0 aliphatic carbocycles. The summed E-state index contributed by atoms with van der Waals surface area (Å²) in [7, 11) is 1.72. The molecule has 0 saturated carbocycles. The summed E-state index contributed by atoms with van der Waals surface area (Å²) in [6.07, 6.45) is 1.68. The van der Waals surface area contributed by atoms with Crippen molar-refractivity contribution in [2.45, 2.75) is 6.54 Å². The van der Waals surface area contributed by atoms with Gasteiger partial charge in [0.25, 0.3) is 11.1 Å². The fourth-order valence-corrected chi connectivity index (χ4v) is 2.17. The summed E-state index contributed by atoms with van der Waals surface area (Å²) >= 11 is 0. The summed E-state index contributed by atoms with van der Waals surface area (Å²) in [6.45, 7) is -0.296. The summed E-state index contributed by atoms with van der Waals surface area (Å²) < 4.78 is 2.53. The predicted octanol–water partition coefficient (Wildman–Crippen LogP) is 0.0620. The number of nitrogens with one attached hydrogen (secondary N) is 2. The SMILES string of the molecule is Cn1ccc(NC(=O)Cn2[nH]c(=O)c3ccccc3c2=O)n1. The highest BCUT2D eigenvalue weighted by molar-refractivity contribution is 5.89. The number of fused-ring (bicyclic) bond motifs is 1. The van der Waals surface area contributed by atoms with E-state index in [1.54, 1.807) is 48.3 Å². The van der Waals surface area contributed by atoms with Crippen molar-refractivity contribution in [2.24, 2.45) is 7.05 Å². The highest BCUT2D eigenvalue weighted by atomic mass is 16.2. The van der Waals surface area contributed by atoms with Crippen LogP contribution in [-0.2, 0) is 18.4 Å². The van der Waals surface area contributed by atoms with Crippen LogP contribution in [0.3, 0.4) is 0 Å². The molecule has 8 heteroatoms. The first-order valence-electron chi connectivity index (χ1n) is 6.56. The molecule has 0 unspecified atom stereocenters. The van der Waals surface area contributed by atoms with E-state index in [-0.39, 0.29) is 11.9 Å². The van der Waals surface area contributed by atoms with Crippen molar-refractivity contribution in [2.75, 3.05) is 5.32 Å². The molecule has 3 rings (SSSR count). The summed E-state index contributed by atoms with van der Waals surface area (Å²) in [5.74, 6) is -0.0737. The molecule has 22 heavy (non-hydrogen) atoms. The number of nitrogens with zero attached hydrogens (tertiary/aromatic N) is 3. The van der Waals surface area contributed by atoms with Crippen molar-refractivity contribution in [3.05, 3.63) is 57.2 Å². The van der Waals surface area contributed by atoms with Gasteiger partial charge in [0, 0.05) is 19.3 Å². The van der Waals surface area contributed by atoms with Crippen molar-refractivity contribution in [1.29, 1.82) is 0 Å². The van der Waals surface area contributed by atoms with Crippen molar-refractivity contribution < 1.29 is 4.79 Å². The number of anilines is 1. The van der Waals surface area contributed by atoms with E-state index in [0.717, 1.165) is 4.68 Å². The average molecular weight is 299 g/mol. The van der Waals surface area contributed by atoms with Crippen LogP contribution in [0.25, 0.3) is 10.8 Å². The lowest BCUT2D eigenvalue weighted by Crippen LogP contribution is -2.34. The van der Waals surface area contributed by atoms with Crippen molar-refractivity contribution in [1.82, 2.24) is 19.6 Å². The molecule has 2 heterocycles. The number of amides is 1. The van der Waals surface area contributed by atoms with Gasteiger partial charge in [-0.3, -0.25) is 24.2 Å².